The Morgan fingerprint density at radius 1 is 0.453 bits per heavy atom. The summed E-state index contributed by atoms with van der Waals surface area (Å²) in [4.78, 5) is 115. The molecule has 0 heterocycles. The van der Waals surface area contributed by atoms with Crippen molar-refractivity contribution in [1.82, 2.24) is 15.5 Å². The Kier molecular flexibility index (Phi) is 43.1. The maximum atomic E-state index is 12.3. The summed E-state index contributed by atoms with van der Waals surface area (Å²) in [5.74, 6) is -12.9. The molecule has 0 unspecified atom stereocenters. The molecule has 0 bridgehead atoms. The molecule has 4 aromatic carbocycles. The first-order valence-electron chi connectivity index (χ1n) is 30.7. The third-order valence-electron chi connectivity index (χ3n) is 13.8. The zero-order chi connectivity index (χ0) is 71.0. The van der Waals surface area contributed by atoms with Crippen molar-refractivity contribution >= 4 is 59.6 Å². The third-order valence-corrected chi connectivity index (χ3v) is 13.8. The highest BCUT2D eigenvalue weighted by Gasteiger charge is 2.41. The zero-order valence-electron chi connectivity index (χ0n) is 53.6. The molecule has 0 aliphatic heterocycles. The minimum Gasteiger partial charge on any atom is -0.481 e. The van der Waals surface area contributed by atoms with Crippen molar-refractivity contribution < 1.29 is 113 Å². The number of rotatable bonds is 39. The Labute approximate surface area is 548 Å². The molecular formula is C67H88F6N4O18. The van der Waals surface area contributed by atoms with Crippen molar-refractivity contribution in [3.8, 4) is 0 Å². The molecule has 22 nitrogen and oxygen atoms in total. The lowest BCUT2D eigenvalue weighted by Crippen LogP contribution is -2.38. The van der Waals surface area contributed by atoms with Crippen LogP contribution in [-0.2, 0) is 98.1 Å². The van der Waals surface area contributed by atoms with Crippen LogP contribution in [-0.4, -0.2) is 140 Å². The summed E-state index contributed by atoms with van der Waals surface area (Å²) in [5.41, 5.74) is 8.72. The largest absolute Gasteiger partial charge is 0.481 e. The molecule has 0 aliphatic rings. The lowest BCUT2D eigenvalue weighted by atomic mass is 9.98. The number of carboxylic acid groups (broad SMARTS) is 3. The van der Waals surface area contributed by atoms with Crippen molar-refractivity contribution in [1.29, 1.82) is 0 Å². The average molecular weight is 1350 g/mol. The predicted octanol–water partition coefficient (Wildman–Crippen LogP) is 9.93. The molecule has 0 aromatic heterocycles. The molecule has 0 fully saturated rings. The number of benzene rings is 4. The smallest absolute Gasteiger partial charge is 0.471 e. The number of hydrogen-bond acceptors (Lipinski definition) is 17. The van der Waals surface area contributed by atoms with Crippen LogP contribution in [0.2, 0.25) is 0 Å². The number of unbranched alkanes of at least 4 members (excludes halogenated alkanes) is 4. The maximum absolute atomic E-state index is 12.3. The zero-order valence-corrected chi connectivity index (χ0v) is 53.6. The molecule has 0 radical (unpaired) electrons. The SMILES string of the molecule is CNCCCC[C@H](CC(=O)OCc1ccccc1)C(=O)O.COC(=O)[C@H](CCCCN(C)C(=O)C(F)(F)F)CC(=O)OCc1ccccc1.NCCCC[C@H](CC(=O)OCc1ccccc1)C(=O)O.O=C(C[C@@H](CCCCNC(=O)C(F)(F)F)C(=O)O)OCc1ccccc1. The number of methoxy groups -OCH3 is 1. The van der Waals surface area contributed by atoms with Gasteiger partial charge < -0.3 is 60.3 Å². The first-order chi connectivity index (χ1) is 45.1. The highest BCUT2D eigenvalue weighted by molar-refractivity contribution is 5.83. The highest BCUT2D eigenvalue weighted by Crippen LogP contribution is 2.22. The van der Waals surface area contributed by atoms with E-state index >= 15 is 0 Å². The summed E-state index contributed by atoms with van der Waals surface area (Å²) in [6.45, 7) is 1.54. The number of halogens is 6. The topological polar surface area (TPSA) is 331 Å². The van der Waals surface area contributed by atoms with Gasteiger partial charge in [-0.25, -0.2) is 0 Å². The number of ether oxygens (including phenoxy) is 5. The molecule has 4 aromatic rings. The van der Waals surface area contributed by atoms with Crippen LogP contribution in [0, 0.1) is 23.7 Å². The highest BCUT2D eigenvalue weighted by atomic mass is 19.4. The van der Waals surface area contributed by atoms with Crippen LogP contribution in [0.1, 0.15) is 125 Å². The number of hydrogen-bond donors (Lipinski definition) is 6. The van der Waals surface area contributed by atoms with E-state index in [-0.39, 0.29) is 97.3 Å². The van der Waals surface area contributed by atoms with E-state index in [0.29, 0.717) is 37.1 Å². The molecule has 2 amide bonds. The summed E-state index contributed by atoms with van der Waals surface area (Å²) >= 11 is 0. The fourth-order valence-corrected chi connectivity index (χ4v) is 8.50. The Morgan fingerprint density at radius 3 is 1.05 bits per heavy atom. The van der Waals surface area contributed by atoms with Crippen molar-refractivity contribution in [3.63, 3.8) is 0 Å². The minimum absolute atomic E-state index is 0.0372. The number of esters is 5. The Morgan fingerprint density at radius 2 is 0.758 bits per heavy atom. The van der Waals surface area contributed by atoms with Gasteiger partial charge in [-0.05, 0) is 93.8 Å². The van der Waals surface area contributed by atoms with Gasteiger partial charge in [0.1, 0.15) is 26.4 Å². The molecular weight excluding hydrogens is 1260 g/mol. The summed E-state index contributed by atoms with van der Waals surface area (Å²) in [6, 6.07) is 36.6. The second-order valence-electron chi connectivity index (χ2n) is 21.6. The Balaban J connectivity index is 0.000000639. The number of nitrogens with zero attached hydrogens (tertiary/aromatic N) is 1. The second kappa shape index (κ2) is 48.7. The van der Waals surface area contributed by atoms with Gasteiger partial charge in [0, 0.05) is 20.1 Å². The first-order valence-corrected chi connectivity index (χ1v) is 30.7. The number of nitrogens with two attached hydrogens (primary N) is 1. The average Bonchev–Trinajstić information content (AvgIpc) is 2.40. The molecule has 0 saturated heterocycles. The van der Waals surface area contributed by atoms with Gasteiger partial charge in [0.15, 0.2) is 0 Å². The van der Waals surface area contributed by atoms with Gasteiger partial charge in [-0.2, -0.15) is 26.3 Å². The van der Waals surface area contributed by atoms with Gasteiger partial charge in [-0.3, -0.25) is 47.9 Å². The van der Waals surface area contributed by atoms with Gasteiger partial charge in [-0.1, -0.05) is 147 Å². The summed E-state index contributed by atoms with van der Waals surface area (Å²) < 4.78 is 98.0. The van der Waals surface area contributed by atoms with Crippen LogP contribution >= 0.6 is 0 Å². The second-order valence-corrected chi connectivity index (χ2v) is 21.6. The number of carbonyl (C=O) groups is 10. The molecule has 0 spiro atoms. The van der Waals surface area contributed by atoms with Crippen LogP contribution < -0.4 is 16.4 Å². The van der Waals surface area contributed by atoms with Gasteiger partial charge in [-0.15, -0.1) is 0 Å². The monoisotopic (exact) mass is 1350 g/mol. The third kappa shape index (κ3) is 41.4. The van der Waals surface area contributed by atoms with Crippen molar-refractivity contribution in [2.45, 2.75) is 142 Å². The molecule has 28 heteroatoms. The van der Waals surface area contributed by atoms with Crippen LogP contribution in [0.3, 0.4) is 0 Å². The predicted molar refractivity (Wildman–Crippen MR) is 333 cm³/mol. The molecule has 7 N–H and O–H groups in total. The Hall–Kier alpha value is -8.92. The molecule has 95 heavy (non-hydrogen) atoms. The quantitative estimate of drug-likeness (QED) is 0.0105. The molecule has 526 valence electrons. The Bertz CT molecular complexity index is 2880. The number of carboxylic acids is 3. The van der Waals surface area contributed by atoms with Crippen molar-refractivity contribution in [2.24, 2.45) is 29.4 Å². The molecule has 0 aliphatic carbocycles. The lowest BCUT2D eigenvalue weighted by Gasteiger charge is -2.19. The summed E-state index contributed by atoms with van der Waals surface area (Å²) in [5, 5.41) is 32.1. The van der Waals surface area contributed by atoms with E-state index in [1.54, 1.807) is 53.8 Å². The van der Waals surface area contributed by atoms with Gasteiger partial charge in [0.2, 0.25) is 0 Å². The maximum Gasteiger partial charge on any atom is 0.471 e. The van der Waals surface area contributed by atoms with Gasteiger partial charge in [0.25, 0.3) is 0 Å². The number of aliphatic carboxylic acids is 3. The lowest BCUT2D eigenvalue weighted by molar-refractivity contribution is -0.184. The van der Waals surface area contributed by atoms with Crippen LogP contribution in [0.25, 0.3) is 0 Å². The van der Waals surface area contributed by atoms with E-state index in [9.17, 15) is 74.3 Å². The fourth-order valence-electron chi connectivity index (χ4n) is 8.50. The molecule has 4 atom stereocenters. The van der Waals surface area contributed by atoms with E-state index in [2.05, 4.69) is 10.1 Å². The van der Waals surface area contributed by atoms with E-state index in [4.69, 9.17) is 40.0 Å². The fraction of sp³-hybridized carbons (Fsp3) is 0.493. The van der Waals surface area contributed by atoms with E-state index < -0.39 is 95.6 Å². The van der Waals surface area contributed by atoms with Crippen LogP contribution in [0.4, 0.5) is 26.3 Å². The number of alkyl halides is 6. The summed E-state index contributed by atoms with van der Waals surface area (Å²) in [7, 11) is 4.12. The normalized spacial score (nSPS) is 12.1. The van der Waals surface area contributed by atoms with Crippen molar-refractivity contribution in [2.75, 3.05) is 47.4 Å². The van der Waals surface area contributed by atoms with Gasteiger partial charge >= 0.3 is 71.9 Å². The van der Waals surface area contributed by atoms with Crippen molar-refractivity contribution in [3.05, 3.63) is 144 Å². The molecule has 4 rings (SSSR count). The van der Waals surface area contributed by atoms with E-state index in [1.807, 2.05) is 79.8 Å². The standard InChI is InChI=1S/C19H24F3NO5.C17H20F3NO5.C16H23NO4.C15H21NO4/c1-23(18(26)19(20,21)22)11-7-6-10-15(17(25)27-2)12-16(24)28-13-14-8-4-3-5-9-14;18-17(19,20)16(25)21-9-5-4-8-13(15(23)24)10-14(22)26-11-12-6-2-1-3-7-12;1-17-10-6-5-9-14(16(19)20)11-15(18)21-12-13-7-3-2-4-8-13;16-9-5-4-8-13(15(18)19)10-14(17)20-11-12-6-2-1-3-7-12/h3-5,8-9,15H,6-7,10-13H2,1-2H3;1-3,6-7,13H,4-5,8-11H2,(H,21,25)(H,23,24);2-4,7-8,14,17H,5-6,9-12H2,1H3,(H,19,20);1-3,6-7,13H,4-5,8-11,16H2,(H,18,19)/t15-;13-;14-;13-/m1111/s1. The van der Waals surface area contributed by atoms with Crippen LogP contribution in [0.5, 0.6) is 0 Å². The summed E-state index contributed by atoms with van der Waals surface area (Å²) in [6.07, 6.45) is -5.05. The van der Waals surface area contributed by atoms with E-state index in [1.165, 1.54) is 7.11 Å². The number of nitrogens with one attached hydrogen (secondary N) is 2. The molecule has 0 saturated carbocycles. The van der Waals surface area contributed by atoms with Crippen LogP contribution in [0.15, 0.2) is 121 Å². The van der Waals surface area contributed by atoms with E-state index in [0.717, 1.165) is 55.1 Å². The number of amides is 2. The van der Waals surface area contributed by atoms with Gasteiger partial charge in [0.05, 0.1) is 56.5 Å². The number of carbonyl (C=O) groups excluding carboxylic acids is 7. The first kappa shape index (κ1) is 84.1. The minimum atomic E-state index is -4.94.